The first-order valence-electron chi connectivity index (χ1n) is 9.93. The highest BCUT2D eigenvalue weighted by Gasteiger charge is 2.26. The lowest BCUT2D eigenvalue weighted by Crippen LogP contribution is -2.41. The van der Waals surface area contributed by atoms with Crippen molar-refractivity contribution in [2.75, 3.05) is 45.9 Å². The average Bonchev–Trinajstić information content (AvgIpc) is 3.07. The standard InChI is InChI=1S/C21H28N4O2/c1-16-5-6-18-19(23-16)3-2-4-20(18)27-14-13-24-10-7-17(8-11-24)15-25-12-9-22-21(25)26/h2-6,17H,7-15H2,1H3,(H,22,26). The second-order valence-corrected chi connectivity index (χ2v) is 7.59. The Bertz CT molecular complexity index is 802. The highest BCUT2D eigenvalue weighted by molar-refractivity contribution is 5.85. The number of aromatic nitrogens is 1. The number of amides is 2. The number of pyridine rings is 1. The normalized spacial score (nSPS) is 18.9. The minimum absolute atomic E-state index is 0.102. The second-order valence-electron chi connectivity index (χ2n) is 7.59. The summed E-state index contributed by atoms with van der Waals surface area (Å²) in [4.78, 5) is 20.7. The lowest BCUT2D eigenvalue weighted by molar-refractivity contribution is 0.138. The van der Waals surface area contributed by atoms with Crippen molar-refractivity contribution in [2.45, 2.75) is 19.8 Å². The van der Waals surface area contributed by atoms with Crippen LogP contribution in [0.25, 0.3) is 10.9 Å². The SMILES string of the molecule is Cc1ccc2c(OCCN3CCC(CN4CCNC4=O)CC3)cccc2n1. The van der Waals surface area contributed by atoms with Crippen molar-refractivity contribution < 1.29 is 9.53 Å². The first kappa shape index (κ1) is 18.0. The number of benzene rings is 1. The van der Waals surface area contributed by atoms with Crippen LogP contribution in [0.2, 0.25) is 0 Å². The van der Waals surface area contributed by atoms with E-state index < -0.39 is 0 Å². The number of piperidine rings is 1. The fraction of sp³-hybridized carbons (Fsp3) is 0.524. The number of fused-ring (bicyclic) bond motifs is 1. The van der Waals surface area contributed by atoms with E-state index in [1.807, 2.05) is 36.1 Å². The van der Waals surface area contributed by atoms with Crippen LogP contribution in [0, 0.1) is 12.8 Å². The minimum Gasteiger partial charge on any atom is -0.492 e. The van der Waals surface area contributed by atoms with E-state index in [0.717, 1.165) is 74.5 Å². The Labute approximate surface area is 160 Å². The first-order chi connectivity index (χ1) is 13.2. The number of carbonyl (C=O) groups is 1. The highest BCUT2D eigenvalue weighted by atomic mass is 16.5. The van der Waals surface area contributed by atoms with Crippen LogP contribution in [0.15, 0.2) is 30.3 Å². The number of nitrogens with zero attached hydrogens (tertiary/aromatic N) is 3. The molecular weight excluding hydrogens is 340 g/mol. The average molecular weight is 368 g/mol. The van der Waals surface area contributed by atoms with E-state index in [4.69, 9.17) is 4.74 Å². The van der Waals surface area contributed by atoms with Crippen molar-refractivity contribution in [2.24, 2.45) is 5.92 Å². The molecule has 0 saturated carbocycles. The van der Waals surface area contributed by atoms with Crippen molar-refractivity contribution in [3.05, 3.63) is 36.0 Å². The van der Waals surface area contributed by atoms with Gasteiger partial charge in [0.05, 0.1) is 5.52 Å². The highest BCUT2D eigenvalue weighted by Crippen LogP contribution is 2.25. The molecule has 0 unspecified atom stereocenters. The first-order valence-corrected chi connectivity index (χ1v) is 9.93. The van der Waals surface area contributed by atoms with Crippen molar-refractivity contribution >= 4 is 16.9 Å². The maximum Gasteiger partial charge on any atom is 0.317 e. The Balaban J connectivity index is 1.23. The Hall–Kier alpha value is -2.34. The van der Waals surface area contributed by atoms with Gasteiger partial charge in [-0.2, -0.15) is 0 Å². The van der Waals surface area contributed by atoms with Crippen LogP contribution >= 0.6 is 0 Å². The van der Waals surface area contributed by atoms with E-state index in [0.29, 0.717) is 12.5 Å². The van der Waals surface area contributed by atoms with Gasteiger partial charge in [-0.1, -0.05) is 6.07 Å². The fourth-order valence-electron chi connectivity index (χ4n) is 4.03. The number of ether oxygens (including phenoxy) is 1. The van der Waals surface area contributed by atoms with Gasteiger partial charge >= 0.3 is 6.03 Å². The van der Waals surface area contributed by atoms with E-state index in [2.05, 4.69) is 21.3 Å². The molecule has 27 heavy (non-hydrogen) atoms. The monoisotopic (exact) mass is 368 g/mol. The maximum atomic E-state index is 11.7. The number of urea groups is 1. The molecule has 0 aliphatic carbocycles. The van der Waals surface area contributed by atoms with Crippen molar-refractivity contribution in [1.29, 1.82) is 0 Å². The maximum absolute atomic E-state index is 11.7. The Morgan fingerprint density at radius 1 is 1.19 bits per heavy atom. The fourth-order valence-corrected chi connectivity index (χ4v) is 4.03. The molecule has 2 aliphatic heterocycles. The lowest BCUT2D eigenvalue weighted by atomic mass is 9.96. The van der Waals surface area contributed by atoms with Gasteiger partial charge in [0, 0.05) is 37.3 Å². The molecule has 2 saturated heterocycles. The summed E-state index contributed by atoms with van der Waals surface area (Å²) in [5, 5.41) is 3.96. The topological polar surface area (TPSA) is 57.7 Å². The van der Waals surface area contributed by atoms with Crippen LogP contribution in [0.1, 0.15) is 18.5 Å². The van der Waals surface area contributed by atoms with E-state index >= 15 is 0 Å². The minimum atomic E-state index is 0.102. The van der Waals surface area contributed by atoms with Gasteiger partial charge in [0.15, 0.2) is 0 Å². The number of likely N-dealkylation sites (tertiary alicyclic amines) is 1. The second kappa shape index (κ2) is 8.13. The number of hydrogen-bond acceptors (Lipinski definition) is 4. The molecule has 2 aliphatic rings. The molecule has 144 valence electrons. The molecule has 0 spiro atoms. The number of aryl methyl sites for hydroxylation is 1. The Morgan fingerprint density at radius 2 is 2.04 bits per heavy atom. The smallest absolute Gasteiger partial charge is 0.317 e. The third kappa shape index (κ3) is 4.33. The van der Waals surface area contributed by atoms with Gasteiger partial charge in [0.2, 0.25) is 0 Å². The predicted molar refractivity (Wildman–Crippen MR) is 106 cm³/mol. The van der Waals surface area contributed by atoms with E-state index in [1.165, 1.54) is 0 Å². The number of carbonyl (C=O) groups excluding carboxylic acids is 1. The summed E-state index contributed by atoms with van der Waals surface area (Å²) in [6.07, 6.45) is 2.31. The van der Waals surface area contributed by atoms with Crippen LogP contribution in [0.5, 0.6) is 5.75 Å². The van der Waals surface area contributed by atoms with E-state index in [-0.39, 0.29) is 6.03 Å². The Kier molecular flexibility index (Phi) is 5.43. The van der Waals surface area contributed by atoms with Gasteiger partial charge < -0.3 is 15.0 Å². The molecule has 3 heterocycles. The molecular formula is C21H28N4O2. The quantitative estimate of drug-likeness (QED) is 0.852. The van der Waals surface area contributed by atoms with Gasteiger partial charge in [-0.3, -0.25) is 9.88 Å². The molecule has 1 aromatic heterocycles. The summed E-state index contributed by atoms with van der Waals surface area (Å²) in [5.41, 5.74) is 2.01. The van der Waals surface area contributed by atoms with Crippen LogP contribution in [0.4, 0.5) is 4.79 Å². The van der Waals surface area contributed by atoms with Crippen LogP contribution in [-0.2, 0) is 0 Å². The van der Waals surface area contributed by atoms with Gasteiger partial charge in [0.25, 0.3) is 0 Å². The number of hydrogen-bond donors (Lipinski definition) is 1. The Morgan fingerprint density at radius 3 is 2.81 bits per heavy atom. The lowest BCUT2D eigenvalue weighted by Gasteiger charge is -2.33. The number of rotatable bonds is 6. The largest absolute Gasteiger partial charge is 0.492 e. The molecule has 6 nitrogen and oxygen atoms in total. The summed E-state index contributed by atoms with van der Waals surface area (Å²) in [5.74, 6) is 1.54. The third-order valence-corrected chi connectivity index (χ3v) is 5.63. The van der Waals surface area contributed by atoms with E-state index in [1.54, 1.807) is 0 Å². The van der Waals surface area contributed by atoms with Crippen molar-refractivity contribution in [1.82, 2.24) is 20.1 Å². The molecule has 0 atom stereocenters. The van der Waals surface area contributed by atoms with Gasteiger partial charge in [-0.25, -0.2) is 4.79 Å². The molecule has 0 radical (unpaired) electrons. The molecule has 1 aromatic carbocycles. The van der Waals surface area contributed by atoms with Crippen LogP contribution in [-0.4, -0.2) is 66.7 Å². The van der Waals surface area contributed by atoms with Crippen molar-refractivity contribution in [3.63, 3.8) is 0 Å². The van der Waals surface area contributed by atoms with Gasteiger partial charge in [0.1, 0.15) is 12.4 Å². The summed E-state index contributed by atoms with van der Waals surface area (Å²) in [6.45, 7) is 8.34. The summed E-state index contributed by atoms with van der Waals surface area (Å²) < 4.78 is 6.07. The summed E-state index contributed by atoms with van der Waals surface area (Å²) in [7, 11) is 0. The molecule has 2 amide bonds. The zero-order chi connectivity index (χ0) is 18.6. The summed E-state index contributed by atoms with van der Waals surface area (Å²) in [6, 6.07) is 10.3. The zero-order valence-corrected chi connectivity index (χ0v) is 16.0. The zero-order valence-electron chi connectivity index (χ0n) is 16.0. The van der Waals surface area contributed by atoms with E-state index in [9.17, 15) is 4.79 Å². The molecule has 2 aromatic rings. The van der Waals surface area contributed by atoms with Gasteiger partial charge in [-0.15, -0.1) is 0 Å². The third-order valence-electron chi connectivity index (χ3n) is 5.63. The molecule has 4 rings (SSSR count). The molecule has 2 fully saturated rings. The van der Waals surface area contributed by atoms with Crippen molar-refractivity contribution in [3.8, 4) is 5.75 Å². The molecule has 6 heteroatoms. The predicted octanol–water partition coefficient (Wildman–Crippen LogP) is 2.66. The number of nitrogens with one attached hydrogen (secondary N) is 1. The van der Waals surface area contributed by atoms with Crippen LogP contribution < -0.4 is 10.1 Å². The van der Waals surface area contributed by atoms with Gasteiger partial charge in [-0.05, 0) is 63.0 Å². The molecule has 1 N–H and O–H groups in total. The van der Waals surface area contributed by atoms with Crippen LogP contribution in [0.3, 0.4) is 0 Å². The molecule has 0 bridgehead atoms. The summed E-state index contributed by atoms with van der Waals surface area (Å²) >= 11 is 0.